The maximum Gasteiger partial charge on any atom is 0.343 e. The third-order valence-corrected chi connectivity index (χ3v) is 3.64. The number of aryl methyl sites for hydroxylation is 1. The molecule has 0 atom stereocenters. The summed E-state index contributed by atoms with van der Waals surface area (Å²) in [6, 6.07) is 13.1. The summed E-state index contributed by atoms with van der Waals surface area (Å²) in [5.74, 6) is -0.212. The van der Waals surface area contributed by atoms with Crippen molar-refractivity contribution in [2.45, 2.75) is 6.92 Å². The van der Waals surface area contributed by atoms with Gasteiger partial charge in [0.2, 0.25) is 5.95 Å². The maximum absolute atomic E-state index is 12.1. The molecule has 0 spiro atoms. The average Bonchev–Trinajstić information content (AvgIpc) is 2.68. The Morgan fingerprint density at radius 3 is 2.69 bits per heavy atom. The van der Waals surface area contributed by atoms with Crippen molar-refractivity contribution in [1.82, 2.24) is 9.97 Å². The second-order valence-corrected chi connectivity index (χ2v) is 5.87. The first-order valence-electron chi connectivity index (χ1n) is 8.34. The lowest BCUT2D eigenvalue weighted by atomic mass is 10.2. The molecule has 0 amide bonds. The van der Waals surface area contributed by atoms with E-state index in [-0.39, 0.29) is 28.5 Å². The van der Waals surface area contributed by atoms with Gasteiger partial charge in [0.15, 0.2) is 0 Å². The van der Waals surface area contributed by atoms with Crippen LogP contribution in [0, 0.1) is 17.0 Å². The first-order chi connectivity index (χ1) is 13.9. The first-order valence-corrected chi connectivity index (χ1v) is 8.34. The molecule has 0 aliphatic rings. The van der Waals surface area contributed by atoms with Gasteiger partial charge in [0, 0.05) is 23.9 Å². The molecule has 0 aliphatic heterocycles. The zero-order valence-electron chi connectivity index (χ0n) is 15.2. The van der Waals surface area contributed by atoms with Gasteiger partial charge in [0.25, 0.3) is 11.2 Å². The van der Waals surface area contributed by atoms with E-state index in [1.54, 1.807) is 31.2 Å². The van der Waals surface area contributed by atoms with E-state index in [0.29, 0.717) is 11.3 Å². The van der Waals surface area contributed by atoms with E-state index >= 15 is 0 Å². The molecule has 3 aromatic rings. The predicted molar refractivity (Wildman–Crippen MR) is 105 cm³/mol. The number of carbonyl (C=O) groups is 1. The number of nitrogens with one attached hydrogen (secondary N) is 2. The number of non-ortho nitro benzene ring substituents is 1. The van der Waals surface area contributed by atoms with E-state index in [4.69, 9.17) is 4.74 Å². The topological polar surface area (TPSA) is 140 Å². The van der Waals surface area contributed by atoms with Crippen molar-refractivity contribution >= 4 is 23.8 Å². The van der Waals surface area contributed by atoms with E-state index in [0.717, 1.165) is 6.07 Å². The molecule has 0 aliphatic carbocycles. The minimum Gasteiger partial charge on any atom is -0.423 e. The summed E-state index contributed by atoms with van der Waals surface area (Å²) in [6.45, 7) is 1.69. The Morgan fingerprint density at radius 1 is 1.24 bits per heavy atom. The van der Waals surface area contributed by atoms with Crippen LogP contribution in [0.2, 0.25) is 0 Å². The Morgan fingerprint density at radius 2 is 2.00 bits per heavy atom. The number of esters is 1. The smallest absolute Gasteiger partial charge is 0.343 e. The average molecular weight is 393 g/mol. The summed E-state index contributed by atoms with van der Waals surface area (Å²) in [5.41, 5.74) is 3.47. The van der Waals surface area contributed by atoms with Gasteiger partial charge in [-0.3, -0.25) is 19.9 Å². The monoisotopic (exact) mass is 393 g/mol. The highest BCUT2D eigenvalue weighted by atomic mass is 16.6. The minimum atomic E-state index is -0.703. The van der Waals surface area contributed by atoms with Crippen LogP contribution in [0.15, 0.2) is 64.5 Å². The molecule has 10 heteroatoms. The molecule has 2 aromatic carbocycles. The van der Waals surface area contributed by atoms with Gasteiger partial charge >= 0.3 is 5.97 Å². The fraction of sp³-hybridized carbons (Fsp3) is 0.0526. The number of aromatic nitrogens is 2. The summed E-state index contributed by atoms with van der Waals surface area (Å²) < 4.78 is 5.22. The summed E-state index contributed by atoms with van der Waals surface area (Å²) >= 11 is 0. The fourth-order valence-corrected chi connectivity index (χ4v) is 2.33. The number of anilines is 1. The quantitative estimate of drug-likeness (QED) is 0.216. The number of hydrogen-bond donors (Lipinski definition) is 2. The molecule has 1 heterocycles. The van der Waals surface area contributed by atoms with Gasteiger partial charge in [-0.2, -0.15) is 5.10 Å². The molecular weight excluding hydrogens is 378 g/mol. The van der Waals surface area contributed by atoms with Crippen molar-refractivity contribution in [3.05, 3.63) is 91.9 Å². The van der Waals surface area contributed by atoms with Crippen molar-refractivity contribution in [2.75, 3.05) is 5.43 Å². The van der Waals surface area contributed by atoms with Gasteiger partial charge in [-0.1, -0.05) is 6.07 Å². The summed E-state index contributed by atoms with van der Waals surface area (Å²) in [4.78, 5) is 40.3. The van der Waals surface area contributed by atoms with E-state index < -0.39 is 10.9 Å². The predicted octanol–water partition coefficient (Wildman–Crippen LogP) is 2.65. The third-order valence-electron chi connectivity index (χ3n) is 3.64. The van der Waals surface area contributed by atoms with Crippen LogP contribution in [-0.4, -0.2) is 27.1 Å². The van der Waals surface area contributed by atoms with Gasteiger partial charge in [-0.05, 0) is 42.8 Å². The maximum atomic E-state index is 12.1. The van der Waals surface area contributed by atoms with Crippen molar-refractivity contribution in [3.8, 4) is 5.75 Å². The number of ether oxygens (including phenoxy) is 1. The van der Waals surface area contributed by atoms with Crippen LogP contribution in [0.5, 0.6) is 5.75 Å². The zero-order chi connectivity index (χ0) is 20.8. The molecule has 2 N–H and O–H groups in total. The Bertz CT molecular complexity index is 1140. The number of hydrogen-bond acceptors (Lipinski definition) is 8. The molecule has 0 radical (unpaired) electrons. The molecule has 29 heavy (non-hydrogen) atoms. The van der Waals surface area contributed by atoms with E-state index in [1.807, 2.05) is 0 Å². The number of nitro benzene ring substituents is 1. The largest absolute Gasteiger partial charge is 0.423 e. The number of H-pyrrole nitrogens is 1. The lowest BCUT2D eigenvalue weighted by Gasteiger charge is -2.04. The fourth-order valence-electron chi connectivity index (χ4n) is 2.33. The van der Waals surface area contributed by atoms with Gasteiger partial charge in [0.05, 0.1) is 16.7 Å². The van der Waals surface area contributed by atoms with Crippen LogP contribution < -0.4 is 15.7 Å². The van der Waals surface area contributed by atoms with E-state index in [1.165, 1.54) is 30.5 Å². The van der Waals surface area contributed by atoms with Crippen molar-refractivity contribution < 1.29 is 14.5 Å². The van der Waals surface area contributed by atoms with Crippen LogP contribution in [-0.2, 0) is 0 Å². The van der Waals surface area contributed by atoms with Gasteiger partial charge in [-0.15, -0.1) is 0 Å². The summed E-state index contributed by atoms with van der Waals surface area (Å²) in [7, 11) is 0. The molecule has 10 nitrogen and oxygen atoms in total. The molecule has 0 bridgehead atoms. The van der Waals surface area contributed by atoms with Crippen molar-refractivity contribution in [3.63, 3.8) is 0 Å². The van der Waals surface area contributed by atoms with Crippen LogP contribution in [0.25, 0.3) is 0 Å². The molecule has 3 rings (SSSR count). The molecule has 0 saturated heterocycles. The first kappa shape index (κ1) is 19.4. The number of carbonyl (C=O) groups excluding carboxylic acids is 1. The Hall–Kier alpha value is -4.34. The lowest BCUT2D eigenvalue weighted by molar-refractivity contribution is -0.384. The van der Waals surface area contributed by atoms with Crippen LogP contribution in [0.1, 0.15) is 21.6 Å². The van der Waals surface area contributed by atoms with Gasteiger partial charge in [-0.25, -0.2) is 15.2 Å². The number of nitro groups is 1. The van der Waals surface area contributed by atoms with E-state index in [9.17, 15) is 19.7 Å². The molecule has 0 fully saturated rings. The minimum absolute atomic E-state index is 0.0775. The van der Waals surface area contributed by atoms with Crippen LogP contribution in [0.4, 0.5) is 11.6 Å². The van der Waals surface area contributed by atoms with Crippen molar-refractivity contribution in [2.24, 2.45) is 5.10 Å². The highest BCUT2D eigenvalue weighted by Gasteiger charge is 2.13. The van der Waals surface area contributed by atoms with E-state index in [2.05, 4.69) is 20.5 Å². The summed E-state index contributed by atoms with van der Waals surface area (Å²) in [5, 5.41) is 14.8. The van der Waals surface area contributed by atoms with Crippen LogP contribution >= 0.6 is 0 Å². The normalized spacial score (nSPS) is 10.7. The van der Waals surface area contributed by atoms with Gasteiger partial charge < -0.3 is 4.74 Å². The van der Waals surface area contributed by atoms with Crippen molar-refractivity contribution in [1.29, 1.82) is 0 Å². The Labute approximate surface area is 164 Å². The number of nitrogens with zero attached hydrogens (tertiary/aromatic N) is 3. The van der Waals surface area contributed by atoms with Crippen LogP contribution in [0.3, 0.4) is 0 Å². The number of benzene rings is 2. The molecule has 0 unspecified atom stereocenters. The number of rotatable bonds is 6. The Kier molecular flexibility index (Phi) is 5.74. The molecule has 1 aromatic heterocycles. The molecular formula is C19H15N5O5. The summed E-state index contributed by atoms with van der Waals surface area (Å²) in [6.07, 6.45) is 1.49. The number of aromatic amines is 1. The standard InChI is InChI=1S/C19H15N5O5/c1-12-9-17(25)22-19(21-12)23-20-11-13-5-7-16(8-6-13)29-18(26)14-3-2-4-15(10-14)24(27)28/h2-11H,1H3,(H2,21,22,23,25)/b20-11-. The number of hydrazone groups is 1. The zero-order valence-corrected chi connectivity index (χ0v) is 15.2. The second-order valence-electron chi connectivity index (χ2n) is 5.87. The third kappa shape index (κ3) is 5.32. The highest BCUT2D eigenvalue weighted by Crippen LogP contribution is 2.17. The Balaban J connectivity index is 1.62. The highest BCUT2D eigenvalue weighted by molar-refractivity contribution is 5.91. The molecule has 0 saturated carbocycles. The second kappa shape index (κ2) is 8.57. The van der Waals surface area contributed by atoms with Gasteiger partial charge in [0.1, 0.15) is 5.75 Å². The lowest BCUT2D eigenvalue weighted by Crippen LogP contribution is -2.10. The molecule has 146 valence electrons. The SMILES string of the molecule is Cc1cc(=O)[nH]c(N/N=C\c2ccc(OC(=O)c3cccc([N+](=O)[O-])c3)cc2)n1.